The molecule has 2 aromatic rings. The van der Waals surface area contributed by atoms with Gasteiger partial charge in [0.2, 0.25) is 5.75 Å². The molecule has 1 fully saturated rings. The Morgan fingerprint density at radius 3 is 2.52 bits per heavy atom. The molecule has 6 heteroatoms. The first-order valence-electron chi connectivity index (χ1n) is 8.28. The van der Waals surface area contributed by atoms with Gasteiger partial charge in [0.05, 0.1) is 34.0 Å². The van der Waals surface area contributed by atoms with Crippen molar-refractivity contribution < 1.29 is 18.9 Å². The van der Waals surface area contributed by atoms with Crippen LogP contribution in [-0.2, 0) is 11.3 Å². The van der Waals surface area contributed by atoms with E-state index in [1.807, 2.05) is 24.4 Å². The summed E-state index contributed by atoms with van der Waals surface area (Å²) >= 11 is 0. The smallest absolute Gasteiger partial charge is 0.203 e. The van der Waals surface area contributed by atoms with Crippen LogP contribution in [0.1, 0.15) is 17.2 Å². The Balaban J connectivity index is 1.75. The van der Waals surface area contributed by atoms with Crippen LogP contribution in [0.2, 0.25) is 0 Å². The van der Waals surface area contributed by atoms with Gasteiger partial charge in [-0.2, -0.15) is 0 Å². The molecule has 0 bridgehead atoms. The van der Waals surface area contributed by atoms with E-state index < -0.39 is 0 Å². The number of pyridine rings is 1. The molecule has 1 aromatic heterocycles. The van der Waals surface area contributed by atoms with Crippen LogP contribution in [0.5, 0.6) is 17.2 Å². The maximum atomic E-state index is 5.91. The minimum atomic E-state index is 0.0458. The van der Waals surface area contributed by atoms with Crippen molar-refractivity contribution in [1.29, 1.82) is 0 Å². The second-order valence-electron chi connectivity index (χ2n) is 5.91. The van der Waals surface area contributed by atoms with Crippen molar-refractivity contribution in [2.45, 2.75) is 12.6 Å². The lowest BCUT2D eigenvalue weighted by Crippen LogP contribution is -2.37. The SMILES string of the molecule is COc1cc(CN2CCOC(c3cccnc3)C2)cc(OC)c1OC. The fraction of sp³-hybridized carbons (Fsp3) is 0.421. The molecule has 1 unspecified atom stereocenters. The average Bonchev–Trinajstić information content (AvgIpc) is 2.68. The fourth-order valence-electron chi connectivity index (χ4n) is 3.10. The number of nitrogens with zero attached hydrogens (tertiary/aromatic N) is 2. The summed E-state index contributed by atoms with van der Waals surface area (Å²) in [6, 6.07) is 7.99. The average molecular weight is 344 g/mol. The molecule has 0 saturated carbocycles. The van der Waals surface area contributed by atoms with Crippen LogP contribution in [0, 0.1) is 0 Å². The van der Waals surface area contributed by atoms with E-state index in [9.17, 15) is 0 Å². The van der Waals surface area contributed by atoms with Crippen LogP contribution in [0.4, 0.5) is 0 Å². The van der Waals surface area contributed by atoms with Gasteiger partial charge in [0.1, 0.15) is 0 Å². The molecular weight excluding hydrogens is 320 g/mol. The van der Waals surface area contributed by atoms with Gasteiger partial charge in [0.25, 0.3) is 0 Å². The molecular formula is C19H24N2O4. The monoisotopic (exact) mass is 344 g/mol. The topological polar surface area (TPSA) is 53.1 Å². The van der Waals surface area contributed by atoms with Gasteiger partial charge >= 0.3 is 0 Å². The molecule has 134 valence electrons. The molecule has 1 aliphatic heterocycles. The first-order chi connectivity index (χ1) is 12.2. The normalized spacial score (nSPS) is 18.0. The summed E-state index contributed by atoms with van der Waals surface area (Å²) in [5.74, 6) is 1.96. The van der Waals surface area contributed by atoms with E-state index in [0.29, 0.717) is 23.9 Å². The van der Waals surface area contributed by atoms with Gasteiger partial charge in [0, 0.05) is 37.6 Å². The van der Waals surface area contributed by atoms with Gasteiger partial charge in [-0.1, -0.05) is 6.07 Å². The van der Waals surface area contributed by atoms with Crippen molar-refractivity contribution in [2.24, 2.45) is 0 Å². The number of rotatable bonds is 6. The Bertz CT molecular complexity index is 668. The lowest BCUT2D eigenvalue weighted by Gasteiger charge is -2.33. The van der Waals surface area contributed by atoms with Crippen molar-refractivity contribution >= 4 is 0 Å². The van der Waals surface area contributed by atoms with E-state index in [2.05, 4.69) is 16.0 Å². The molecule has 1 aromatic carbocycles. The highest BCUT2D eigenvalue weighted by atomic mass is 16.5. The van der Waals surface area contributed by atoms with E-state index in [-0.39, 0.29) is 6.10 Å². The number of ether oxygens (including phenoxy) is 4. The molecule has 1 atom stereocenters. The Morgan fingerprint density at radius 1 is 1.16 bits per heavy atom. The number of morpholine rings is 1. The van der Waals surface area contributed by atoms with Crippen LogP contribution in [0.15, 0.2) is 36.7 Å². The van der Waals surface area contributed by atoms with E-state index in [1.54, 1.807) is 27.5 Å². The van der Waals surface area contributed by atoms with Gasteiger partial charge < -0.3 is 18.9 Å². The van der Waals surface area contributed by atoms with Crippen LogP contribution in [0.3, 0.4) is 0 Å². The van der Waals surface area contributed by atoms with Crippen molar-refractivity contribution in [3.05, 3.63) is 47.8 Å². The van der Waals surface area contributed by atoms with Gasteiger partial charge in [-0.15, -0.1) is 0 Å². The van der Waals surface area contributed by atoms with E-state index in [0.717, 1.165) is 30.8 Å². The molecule has 3 rings (SSSR count). The van der Waals surface area contributed by atoms with E-state index in [4.69, 9.17) is 18.9 Å². The molecule has 1 saturated heterocycles. The maximum absolute atomic E-state index is 5.91. The van der Waals surface area contributed by atoms with Gasteiger partial charge in [-0.05, 0) is 23.8 Å². The second kappa shape index (κ2) is 8.18. The number of methoxy groups -OCH3 is 3. The highest BCUT2D eigenvalue weighted by Crippen LogP contribution is 2.38. The summed E-state index contributed by atoms with van der Waals surface area (Å²) in [6.07, 6.45) is 3.69. The number of hydrogen-bond acceptors (Lipinski definition) is 6. The summed E-state index contributed by atoms with van der Waals surface area (Å²) in [4.78, 5) is 6.55. The molecule has 0 aliphatic carbocycles. The minimum absolute atomic E-state index is 0.0458. The predicted molar refractivity (Wildman–Crippen MR) is 94.3 cm³/mol. The standard InChI is InChI=1S/C19H24N2O4/c1-22-16-9-14(10-17(23-2)19(16)24-3)12-21-7-8-25-18(13-21)15-5-4-6-20-11-15/h4-6,9-11,18H,7-8,12-13H2,1-3H3. The summed E-state index contributed by atoms with van der Waals surface area (Å²) < 4.78 is 22.2. The molecule has 6 nitrogen and oxygen atoms in total. The van der Waals surface area contributed by atoms with Gasteiger partial charge in [-0.3, -0.25) is 9.88 Å². The summed E-state index contributed by atoms with van der Waals surface area (Å²) in [6.45, 7) is 3.19. The van der Waals surface area contributed by atoms with Crippen molar-refractivity contribution in [3.8, 4) is 17.2 Å². The zero-order chi connectivity index (χ0) is 17.6. The Kier molecular flexibility index (Phi) is 5.73. The van der Waals surface area contributed by atoms with Crippen molar-refractivity contribution in [3.63, 3.8) is 0 Å². The van der Waals surface area contributed by atoms with Gasteiger partial charge in [0.15, 0.2) is 11.5 Å². The highest BCUT2D eigenvalue weighted by Gasteiger charge is 2.23. The Morgan fingerprint density at radius 2 is 1.92 bits per heavy atom. The number of benzene rings is 1. The number of hydrogen-bond donors (Lipinski definition) is 0. The summed E-state index contributed by atoms with van der Waals surface area (Å²) in [7, 11) is 4.88. The summed E-state index contributed by atoms with van der Waals surface area (Å²) in [5, 5.41) is 0. The molecule has 0 amide bonds. The Hall–Kier alpha value is -2.31. The van der Waals surface area contributed by atoms with Crippen LogP contribution >= 0.6 is 0 Å². The third-order valence-electron chi connectivity index (χ3n) is 4.34. The largest absolute Gasteiger partial charge is 0.493 e. The molecule has 1 aliphatic rings. The molecule has 0 spiro atoms. The third-order valence-corrected chi connectivity index (χ3v) is 4.34. The van der Waals surface area contributed by atoms with Crippen molar-refractivity contribution in [1.82, 2.24) is 9.88 Å². The molecule has 25 heavy (non-hydrogen) atoms. The second-order valence-corrected chi connectivity index (χ2v) is 5.91. The van der Waals surface area contributed by atoms with Crippen LogP contribution in [0.25, 0.3) is 0 Å². The van der Waals surface area contributed by atoms with E-state index in [1.165, 1.54) is 0 Å². The zero-order valence-corrected chi connectivity index (χ0v) is 14.9. The predicted octanol–water partition coefficient (Wildman–Crippen LogP) is 2.68. The minimum Gasteiger partial charge on any atom is -0.493 e. The van der Waals surface area contributed by atoms with Gasteiger partial charge in [-0.25, -0.2) is 0 Å². The van der Waals surface area contributed by atoms with Crippen molar-refractivity contribution in [2.75, 3.05) is 41.0 Å². The summed E-state index contributed by atoms with van der Waals surface area (Å²) in [5.41, 5.74) is 2.22. The maximum Gasteiger partial charge on any atom is 0.203 e. The molecule has 2 heterocycles. The first-order valence-corrected chi connectivity index (χ1v) is 8.28. The first kappa shape index (κ1) is 17.5. The number of aromatic nitrogens is 1. The van der Waals surface area contributed by atoms with E-state index >= 15 is 0 Å². The molecule has 0 N–H and O–H groups in total. The lowest BCUT2D eigenvalue weighted by molar-refractivity contribution is -0.0331. The fourth-order valence-corrected chi connectivity index (χ4v) is 3.10. The Labute approximate surface area is 148 Å². The van der Waals surface area contributed by atoms with Crippen LogP contribution in [-0.4, -0.2) is 50.9 Å². The quantitative estimate of drug-likeness (QED) is 0.803. The zero-order valence-electron chi connectivity index (χ0n) is 14.9. The molecule has 0 radical (unpaired) electrons. The lowest BCUT2D eigenvalue weighted by atomic mass is 10.1. The highest BCUT2D eigenvalue weighted by molar-refractivity contribution is 5.53. The van der Waals surface area contributed by atoms with Crippen LogP contribution < -0.4 is 14.2 Å². The third kappa shape index (κ3) is 4.03.